The third kappa shape index (κ3) is 5.47. The number of aliphatic hydroxyl groups is 1. The first-order chi connectivity index (χ1) is 18.7. The number of hydrogen-bond donors (Lipinski definition) is 3. The Morgan fingerprint density at radius 3 is 2.55 bits per heavy atom. The number of allylic oxidation sites excluding steroid dienone is 2. The van der Waals surface area contributed by atoms with Crippen molar-refractivity contribution < 1.29 is 29.4 Å². The number of carboxylic acids is 1. The largest absolute Gasteiger partial charge is 0.481 e. The number of carbonyl (C=O) groups is 2. The van der Waals surface area contributed by atoms with Crippen LogP contribution in [0.15, 0.2) is 16.8 Å². The second-order valence-electron chi connectivity index (χ2n) is 14.8. The number of carbonyl (C=O) groups excluding carboxylic acids is 1. The van der Waals surface area contributed by atoms with Crippen LogP contribution in [0.4, 0.5) is 0 Å². The molecule has 0 spiro atoms. The molecule has 4 unspecified atom stereocenters. The fourth-order valence-electron chi connectivity index (χ4n) is 9.45. The maximum absolute atomic E-state index is 12.7. The Morgan fingerprint density at radius 1 is 1.07 bits per heavy atom. The Morgan fingerprint density at radius 2 is 1.82 bits per heavy atom. The van der Waals surface area contributed by atoms with Crippen molar-refractivity contribution >= 4 is 17.6 Å². The van der Waals surface area contributed by atoms with Gasteiger partial charge in [-0.2, -0.15) is 0 Å². The van der Waals surface area contributed by atoms with Gasteiger partial charge in [0.2, 0.25) is 0 Å². The van der Waals surface area contributed by atoms with Gasteiger partial charge in [0, 0.05) is 12.6 Å². The fraction of sp³-hybridized carbons (Fsp3) is 0.844. The number of rotatable bonds is 7. The van der Waals surface area contributed by atoms with E-state index < -0.39 is 17.6 Å². The lowest BCUT2D eigenvalue weighted by molar-refractivity contribution is -0.139. The number of nitrogens with zero attached hydrogens (tertiary/aromatic N) is 1. The van der Waals surface area contributed by atoms with Crippen LogP contribution in [-0.4, -0.2) is 58.3 Å². The van der Waals surface area contributed by atoms with E-state index in [2.05, 4.69) is 37.3 Å². The molecule has 40 heavy (non-hydrogen) atoms. The molecule has 224 valence electrons. The molecular weight excluding hydrogens is 508 g/mol. The van der Waals surface area contributed by atoms with E-state index in [1.807, 2.05) is 13.8 Å². The molecule has 1 aliphatic heterocycles. The molecule has 1 amide bonds. The van der Waals surface area contributed by atoms with Crippen molar-refractivity contribution in [2.75, 3.05) is 13.2 Å². The molecule has 1 saturated heterocycles. The van der Waals surface area contributed by atoms with Gasteiger partial charge >= 0.3 is 5.97 Å². The first-order valence-corrected chi connectivity index (χ1v) is 15.5. The molecule has 4 aliphatic carbocycles. The van der Waals surface area contributed by atoms with Crippen LogP contribution in [-0.2, 0) is 19.2 Å². The molecule has 0 aromatic rings. The average Bonchev–Trinajstić information content (AvgIpc) is 3.11. The number of carboxylic acid groups (broad SMARTS) is 1. The average molecular weight is 559 g/mol. The fourth-order valence-corrected chi connectivity index (χ4v) is 9.45. The van der Waals surface area contributed by atoms with Gasteiger partial charge in [-0.3, -0.25) is 9.59 Å². The second-order valence-corrected chi connectivity index (χ2v) is 14.8. The van der Waals surface area contributed by atoms with E-state index in [-0.39, 0.29) is 41.3 Å². The SMILES string of the molecule is CC1(C)CC(C(CC(=O)O)NC(=O)CO/N=C2/C=C3CC[C@@H]4C(CC[C@@]5(C)C4CC[C@]5(C)O)[C@@]3(C)CC2)CCO1. The maximum atomic E-state index is 12.7. The molecule has 0 aromatic carbocycles. The molecule has 8 heteroatoms. The van der Waals surface area contributed by atoms with Gasteiger partial charge in [0.05, 0.1) is 23.3 Å². The van der Waals surface area contributed by atoms with E-state index >= 15 is 0 Å². The Labute approximate surface area is 239 Å². The molecule has 8 nitrogen and oxygen atoms in total. The Bertz CT molecular complexity index is 1070. The first kappa shape index (κ1) is 29.6. The maximum Gasteiger partial charge on any atom is 0.305 e. The zero-order valence-electron chi connectivity index (χ0n) is 25.1. The van der Waals surface area contributed by atoms with E-state index in [4.69, 9.17) is 9.57 Å². The molecule has 0 radical (unpaired) electrons. The number of nitrogens with one attached hydrogen (secondary N) is 1. The summed E-state index contributed by atoms with van der Waals surface area (Å²) in [6.07, 6.45) is 11.9. The van der Waals surface area contributed by atoms with Gasteiger partial charge in [0.1, 0.15) is 0 Å². The highest BCUT2D eigenvalue weighted by Gasteiger charge is 2.62. The highest BCUT2D eigenvalue weighted by Crippen LogP contribution is 2.67. The standard InChI is InChI=1S/C32H50N2O6/c1-29(2)18-20(11-15-39-29)26(17-28(36)37)33-27(35)19-40-34-22-8-12-30(3)21(16-22)6-7-23-24(30)9-13-31(4)25(23)10-14-32(31,5)38/h16,20,23-26,38H,6-15,17-19H2,1-5H3,(H,33,35)(H,36,37)/b34-22+/t20?,23-,24?,25?,26?,30+,31+,32+/m1/s1. The van der Waals surface area contributed by atoms with Gasteiger partial charge in [-0.1, -0.05) is 24.6 Å². The van der Waals surface area contributed by atoms with Crippen molar-refractivity contribution in [2.24, 2.45) is 39.7 Å². The molecular formula is C32H50N2O6. The van der Waals surface area contributed by atoms with Crippen LogP contribution < -0.4 is 5.32 Å². The summed E-state index contributed by atoms with van der Waals surface area (Å²) < 4.78 is 5.77. The van der Waals surface area contributed by atoms with Crippen molar-refractivity contribution in [3.05, 3.63) is 11.6 Å². The number of aliphatic carboxylic acids is 1. The smallest absolute Gasteiger partial charge is 0.305 e. The summed E-state index contributed by atoms with van der Waals surface area (Å²) in [6.45, 7) is 11.2. The summed E-state index contributed by atoms with van der Waals surface area (Å²) >= 11 is 0. The first-order valence-electron chi connectivity index (χ1n) is 15.5. The summed E-state index contributed by atoms with van der Waals surface area (Å²) in [5.74, 6) is 0.699. The number of hydrogen-bond acceptors (Lipinski definition) is 6. The second kappa shape index (κ2) is 10.7. The van der Waals surface area contributed by atoms with Crippen molar-refractivity contribution in [1.82, 2.24) is 5.32 Å². The summed E-state index contributed by atoms with van der Waals surface area (Å²) in [5.41, 5.74) is 1.66. The third-order valence-electron chi connectivity index (χ3n) is 12.0. The summed E-state index contributed by atoms with van der Waals surface area (Å²) in [6, 6.07) is -0.460. The molecule has 8 atom stereocenters. The van der Waals surface area contributed by atoms with Gasteiger partial charge in [0.25, 0.3) is 5.91 Å². The Balaban J connectivity index is 1.19. The van der Waals surface area contributed by atoms with Crippen LogP contribution in [0, 0.1) is 34.5 Å². The van der Waals surface area contributed by atoms with Crippen LogP contribution in [0.5, 0.6) is 0 Å². The van der Waals surface area contributed by atoms with Crippen LogP contribution >= 0.6 is 0 Å². The topological polar surface area (TPSA) is 117 Å². The van der Waals surface area contributed by atoms with Gasteiger partial charge in [0.15, 0.2) is 6.61 Å². The predicted molar refractivity (Wildman–Crippen MR) is 153 cm³/mol. The highest BCUT2D eigenvalue weighted by molar-refractivity contribution is 5.96. The molecule has 3 saturated carbocycles. The lowest BCUT2D eigenvalue weighted by Crippen LogP contribution is -2.53. The summed E-state index contributed by atoms with van der Waals surface area (Å²) in [4.78, 5) is 29.7. The number of ether oxygens (including phenoxy) is 1. The molecule has 0 aromatic heterocycles. The van der Waals surface area contributed by atoms with Gasteiger partial charge < -0.3 is 25.1 Å². The van der Waals surface area contributed by atoms with E-state index in [1.54, 1.807) is 0 Å². The van der Waals surface area contributed by atoms with Crippen LogP contribution in [0.2, 0.25) is 0 Å². The van der Waals surface area contributed by atoms with Crippen molar-refractivity contribution in [3.8, 4) is 0 Å². The number of oxime groups is 1. The van der Waals surface area contributed by atoms with Crippen molar-refractivity contribution in [3.63, 3.8) is 0 Å². The van der Waals surface area contributed by atoms with E-state index in [0.29, 0.717) is 30.8 Å². The van der Waals surface area contributed by atoms with Crippen molar-refractivity contribution in [2.45, 2.75) is 122 Å². The van der Waals surface area contributed by atoms with Gasteiger partial charge in [-0.05, 0) is 126 Å². The molecule has 5 rings (SSSR count). The van der Waals surface area contributed by atoms with E-state index in [1.165, 1.54) is 18.4 Å². The lowest BCUT2D eigenvalue weighted by atomic mass is 9.46. The highest BCUT2D eigenvalue weighted by atomic mass is 16.6. The molecule has 4 fully saturated rings. The summed E-state index contributed by atoms with van der Waals surface area (Å²) in [5, 5.41) is 27.8. The Hall–Kier alpha value is -1.93. The van der Waals surface area contributed by atoms with E-state index in [0.717, 1.165) is 50.7 Å². The van der Waals surface area contributed by atoms with Crippen molar-refractivity contribution in [1.29, 1.82) is 0 Å². The lowest BCUT2D eigenvalue weighted by Gasteiger charge is -2.59. The van der Waals surface area contributed by atoms with Crippen LogP contribution in [0.25, 0.3) is 0 Å². The molecule has 5 aliphatic rings. The van der Waals surface area contributed by atoms with E-state index in [9.17, 15) is 19.8 Å². The number of amides is 1. The van der Waals surface area contributed by atoms with Crippen LogP contribution in [0.1, 0.15) is 105 Å². The molecule has 1 heterocycles. The minimum Gasteiger partial charge on any atom is -0.481 e. The molecule has 0 bridgehead atoms. The zero-order valence-corrected chi connectivity index (χ0v) is 25.1. The quantitative estimate of drug-likeness (QED) is 0.368. The Kier molecular flexibility index (Phi) is 7.92. The third-order valence-corrected chi connectivity index (χ3v) is 12.0. The minimum absolute atomic E-state index is 0.0336. The van der Waals surface area contributed by atoms with Crippen LogP contribution in [0.3, 0.4) is 0 Å². The zero-order chi connectivity index (χ0) is 28.9. The normalized spacial score (nSPS) is 42.1. The minimum atomic E-state index is -0.928. The van der Waals surface area contributed by atoms with Gasteiger partial charge in [-0.25, -0.2) is 0 Å². The molecule has 3 N–H and O–H groups in total. The monoisotopic (exact) mass is 558 g/mol. The number of fused-ring (bicyclic) bond motifs is 5. The summed E-state index contributed by atoms with van der Waals surface area (Å²) in [7, 11) is 0. The predicted octanol–water partition coefficient (Wildman–Crippen LogP) is 5.24. The van der Waals surface area contributed by atoms with Gasteiger partial charge in [-0.15, -0.1) is 0 Å².